The molecule has 0 heterocycles. The van der Waals surface area contributed by atoms with E-state index in [-0.39, 0.29) is 24.4 Å². The Morgan fingerprint density at radius 1 is 1.18 bits per heavy atom. The first kappa shape index (κ1) is 21.9. The molecule has 0 saturated carbocycles. The number of methoxy groups -OCH3 is 1. The van der Waals surface area contributed by atoms with Gasteiger partial charge in [0, 0.05) is 24.6 Å². The molecule has 0 aliphatic heterocycles. The Labute approximate surface area is 165 Å². The highest BCUT2D eigenvalue weighted by Crippen LogP contribution is 2.22. The van der Waals surface area contributed by atoms with Gasteiger partial charge in [0.2, 0.25) is 0 Å². The molecule has 2 atom stereocenters. The minimum absolute atomic E-state index is 0.0202. The van der Waals surface area contributed by atoms with Crippen LogP contribution in [-0.2, 0) is 29.0 Å². The van der Waals surface area contributed by atoms with Crippen LogP contribution in [-0.4, -0.2) is 41.0 Å². The summed E-state index contributed by atoms with van der Waals surface area (Å²) in [7, 11) is 1.39. The third kappa shape index (κ3) is 6.64. The number of ether oxygens (including phenoxy) is 1. The minimum Gasteiger partial charge on any atom is -0.508 e. The summed E-state index contributed by atoms with van der Waals surface area (Å²) in [5, 5.41) is 32.5. The monoisotopic (exact) mass is 387 g/mol. The van der Waals surface area contributed by atoms with E-state index in [0.29, 0.717) is 30.5 Å². The Morgan fingerprint density at radius 3 is 2.64 bits per heavy atom. The summed E-state index contributed by atoms with van der Waals surface area (Å²) in [4.78, 5) is 11.3. The number of aliphatic hydroxyl groups is 2. The van der Waals surface area contributed by atoms with E-state index in [4.69, 9.17) is 0 Å². The Morgan fingerprint density at radius 2 is 1.93 bits per heavy atom. The van der Waals surface area contributed by atoms with Crippen molar-refractivity contribution in [3.63, 3.8) is 0 Å². The summed E-state index contributed by atoms with van der Waals surface area (Å²) < 4.78 is 4.68. The van der Waals surface area contributed by atoms with E-state index in [1.165, 1.54) is 13.2 Å². The van der Waals surface area contributed by atoms with Crippen LogP contribution in [0.3, 0.4) is 0 Å². The number of nitrogens with one attached hydrogen (secondary N) is 1. The summed E-state index contributed by atoms with van der Waals surface area (Å²) >= 11 is 0. The molecular formula is C22H29NO5. The number of phenols is 1. The van der Waals surface area contributed by atoms with Gasteiger partial charge >= 0.3 is 5.97 Å². The number of esters is 1. The SMILES string of the molecule is COC(=O)CCc1cccc(CC(C)NCC(O)c2ccc(O)c(CO)c2)c1. The third-order valence-corrected chi connectivity index (χ3v) is 4.70. The lowest BCUT2D eigenvalue weighted by molar-refractivity contribution is -0.140. The first-order valence-corrected chi connectivity index (χ1v) is 9.41. The predicted molar refractivity (Wildman–Crippen MR) is 107 cm³/mol. The minimum atomic E-state index is -0.736. The van der Waals surface area contributed by atoms with Gasteiger partial charge in [-0.05, 0) is 48.6 Å². The van der Waals surface area contributed by atoms with Crippen LogP contribution in [0.25, 0.3) is 0 Å². The summed E-state index contributed by atoms with van der Waals surface area (Å²) in [5.41, 5.74) is 3.29. The maximum Gasteiger partial charge on any atom is 0.305 e. The second-order valence-electron chi connectivity index (χ2n) is 6.97. The van der Waals surface area contributed by atoms with Crippen molar-refractivity contribution < 1.29 is 24.9 Å². The number of aliphatic hydroxyl groups excluding tert-OH is 2. The Hall–Kier alpha value is -2.41. The van der Waals surface area contributed by atoms with Gasteiger partial charge in [-0.25, -0.2) is 0 Å². The number of benzene rings is 2. The third-order valence-electron chi connectivity index (χ3n) is 4.70. The van der Waals surface area contributed by atoms with Crippen molar-refractivity contribution >= 4 is 5.97 Å². The summed E-state index contributed by atoms with van der Waals surface area (Å²) in [5.74, 6) is -0.195. The second-order valence-corrected chi connectivity index (χ2v) is 6.97. The van der Waals surface area contributed by atoms with Crippen molar-refractivity contribution in [1.82, 2.24) is 5.32 Å². The average molecular weight is 387 g/mol. The quantitative estimate of drug-likeness (QED) is 0.467. The maximum absolute atomic E-state index is 11.3. The molecule has 0 radical (unpaired) electrons. The molecule has 0 aromatic heterocycles. The number of aromatic hydroxyl groups is 1. The van der Waals surface area contributed by atoms with Crippen molar-refractivity contribution in [1.29, 1.82) is 0 Å². The number of aryl methyl sites for hydroxylation is 1. The van der Waals surface area contributed by atoms with Crippen molar-refractivity contribution in [3.8, 4) is 5.75 Å². The lowest BCUT2D eigenvalue weighted by Crippen LogP contribution is -2.32. The zero-order valence-electron chi connectivity index (χ0n) is 16.4. The summed E-state index contributed by atoms with van der Waals surface area (Å²) in [6.45, 7) is 2.13. The van der Waals surface area contributed by atoms with Crippen LogP contribution in [0.4, 0.5) is 0 Å². The van der Waals surface area contributed by atoms with E-state index in [1.54, 1.807) is 12.1 Å². The van der Waals surface area contributed by atoms with Crippen molar-refractivity contribution in [2.45, 2.75) is 44.9 Å². The van der Waals surface area contributed by atoms with Crippen molar-refractivity contribution in [2.24, 2.45) is 0 Å². The Kier molecular flexibility index (Phi) is 8.44. The van der Waals surface area contributed by atoms with Gasteiger partial charge in [0.15, 0.2) is 0 Å². The molecule has 4 N–H and O–H groups in total. The van der Waals surface area contributed by atoms with Gasteiger partial charge in [-0.3, -0.25) is 4.79 Å². The van der Waals surface area contributed by atoms with Crippen LogP contribution < -0.4 is 5.32 Å². The fraction of sp³-hybridized carbons (Fsp3) is 0.409. The summed E-state index contributed by atoms with van der Waals surface area (Å²) in [6.07, 6.45) is 1.06. The number of carbonyl (C=O) groups excluding carboxylic acids is 1. The number of rotatable bonds is 10. The fourth-order valence-electron chi connectivity index (χ4n) is 3.06. The molecular weight excluding hydrogens is 358 g/mol. The lowest BCUT2D eigenvalue weighted by atomic mass is 10.0. The standard InChI is InChI=1S/C22H29NO5/c1-15(10-17-5-3-4-16(11-17)6-9-22(27)28-2)23-13-21(26)18-7-8-20(25)19(12-18)14-24/h3-5,7-8,11-12,15,21,23-26H,6,9-10,13-14H2,1-2H3. The van der Waals surface area contributed by atoms with E-state index in [2.05, 4.69) is 16.1 Å². The molecule has 0 fully saturated rings. The smallest absolute Gasteiger partial charge is 0.305 e. The van der Waals surface area contributed by atoms with Gasteiger partial charge in [-0.15, -0.1) is 0 Å². The highest BCUT2D eigenvalue weighted by atomic mass is 16.5. The highest BCUT2D eigenvalue weighted by molar-refractivity contribution is 5.69. The van der Waals surface area contributed by atoms with Gasteiger partial charge in [0.25, 0.3) is 0 Å². The molecule has 2 aromatic rings. The normalized spacial score (nSPS) is 13.1. The van der Waals surface area contributed by atoms with E-state index in [9.17, 15) is 20.1 Å². The predicted octanol–water partition coefficient (Wildman–Crippen LogP) is 2.24. The lowest BCUT2D eigenvalue weighted by Gasteiger charge is -2.18. The maximum atomic E-state index is 11.3. The van der Waals surface area contributed by atoms with Gasteiger partial charge in [0.05, 0.1) is 19.8 Å². The van der Waals surface area contributed by atoms with Crippen molar-refractivity contribution in [3.05, 3.63) is 64.7 Å². The van der Waals surface area contributed by atoms with E-state index < -0.39 is 6.10 Å². The first-order valence-electron chi connectivity index (χ1n) is 9.41. The van der Waals surface area contributed by atoms with Gasteiger partial charge < -0.3 is 25.4 Å². The van der Waals surface area contributed by atoms with Crippen LogP contribution in [0.5, 0.6) is 5.75 Å². The molecule has 0 saturated heterocycles. The Bertz CT molecular complexity index is 777. The van der Waals surface area contributed by atoms with Crippen molar-refractivity contribution in [2.75, 3.05) is 13.7 Å². The first-order chi connectivity index (χ1) is 13.4. The zero-order valence-corrected chi connectivity index (χ0v) is 16.4. The van der Waals surface area contributed by atoms with Gasteiger partial charge in [0.1, 0.15) is 5.75 Å². The molecule has 2 aromatic carbocycles. The van der Waals surface area contributed by atoms with Gasteiger partial charge in [-0.2, -0.15) is 0 Å². The summed E-state index contributed by atoms with van der Waals surface area (Å²) in [6, 6.07) is 13.0. The number of hydrogen-bond acceptors (Lipinski definition) is 6. The van der Waals surface area contributed by atoms with Crippen LogP contribution in [0.1, 0.15) is 41.7 Å². The average Bonchev–Trinajstić information content (AvgIpc) is 2.70. The molecule has 0 aliphatic carbocycles. The molecule has 2 unspecified atom stereocenters. The Balaban J connectivity index is 1.86. The molecule has 0 aliphatic rings. The molecule has 28 heavy (non-hydrogen) atoms. The molecule has 152 valence electrons. The fourth-order valence-corrected chi connectivity index (χ4v) is 3.06. The molecule has 0 amide bonds. The number of hydrogen-bond donors (Lipinski definition) is 4. The van der Waals surface area contributed by atoms with E-state index in [1.807, 2.05) is 25.1 Å². The second kappa shape index (κ2) is 10.8. The van der Waals surface area contributed by atoms with E-state index in [0.717, 1.165) is 17.5 Å². The van der Waals surface area contributed by atoms with Crippen LogP contribution in [0.15, 0.2) is 42.5 Å². The molecule has 2 rings (SSSR count). The molecule has 0 spiro atoms. The van der Waals surface area contributed by atoms with Gasteiger partial charge in [-0.1, -0.05) is 30.3 Å². The van der Waals surface area contributed by atoms with Crippen LogP contribution >= 0.6 is 0 Å². The molecule has 6 nitrogen and oxygen atoms in total. The molecule has 0 bridgehead atoms. The van der Waals surface area contributed by atoms with Crippen LogP contribution in [0.2, 0.25) is 0 Å². The largest absolute Gasteiger partial charge is 0.508 e. The van der Waals surface area contributed by atoms with Crippen LogP contribution in [0, 0.1) is 0 Å². The number of carbonyl (C=O) groups is 1. The highest BCUT2D eigenvalue weighted by Gasteiger charge is 2.12. The van der Waals surface area contributed by atoms with E-state index >= 15 is 0 Å². The zero-order chi connectivity index (χ0) is 20.5. The molecule has 6 heteroatoms. The topological polar surface area (TPSA) is 99.0 Å².